The molecule has 12 heteroatoms. The molecule has 0 radical (unpaired) electrons. The molecule has 3 atom stereocenters. The number of fused-ring (bicyclic) bond motifs is 2. The molecule has 4 aromatic carbocycles. The fourth-order valence-electron chi connectivity index (χ4n) is 8.45. The van der Waals surface area contributed by atoms with Gasteiger partial charge in [0.2, 0.25) is 5.91 Å². The Kier molecular flexibility index (Phi) is 12.4. The van der Waals surface area contributed by atoms with E-state index in [1.165, 1.54) is 19.2 Å². The molecule has 1 fully saturated rings. The number of amides is 2. The Morgan fingerprint density at radius 1 is 0.965 bits per heavy atom. The van der Waals surface area contributed by atoms with E-state index in [4.69, 9.17) is 9.47 Å². The lowest BCUT2D eigenvalue weighted by Gasteiger charge is -2.36. The third-order valence-corrected chi connectivity index (χ3v) is 11.6. The molecule has 1 unspecified atom stereocenters. The summed E-state index contributed by atoms with van der Waals surface area (Å²) in [5, 5.41) is 12.7. The summed E-state index contributed by atoms with van der Waals surface area (Å²) in [6, 6.07) is 20.3. The summed E-state index contributed by atoms with van der Waals surface area (Å²) in [5.74, 6) is -0.796. The van der Waals surface area contributed by atoms with Gasteiger partial charge in [-0.2, -0.15) is 0 Å². The lowest BCUT2D eigenvalue weighted by molar-refractivity contribution is -0.125. The van der Waals surface area contributed by atoms with E-state index in [2.05, 4.69) is 21.2 Å². The average molecular weight is 781 g/mol. The fourth-order valence-corrected chi connectivity index (χ4v) is 8.45. The van der Waals surface area contributed by atoms with Crippen molar-refractivity contribution in [2.45, 2.75) is 63.5 Å². The summed E-state index contributed by atoms with van der Waals surface area (Å²) in [6.07, 6.45) is 4.02. The van der Waals surface area contributed by atoms with E-state index in [1.807, 2.05) is 24.3 Å². The molecule has 4 aromatic rings. The predicted octanol–water partition coefficient (Wildman–Crippen LogP) is 6.71. The Balaban J connectivity index is 0.874. The number of carbonyl (C=O) groups excluding carboxylic acids is 3. The van der Waals surface area contributed by atoms with E-state index in [9.17, 15) is 23.9 Å². The molecule has 57 heavy (non-hydrogen) atoms. The zero-order valence-electron chi connectivity index (χ0n) is 32.5. The van der Waals surface area contributed by atoms with Crippen molar-refractivity contribution >= 4 is 23.8 Å². The number of phenols is 1. The van der Waals surface area contributed by atoms with Gasteiger partial charge in [0.1, 0.15) is 29.6 Å². The number of nitrogens with zero attached hydrogens (tertiary/aromatic N) is 3. The number of carbonyl (C=O) groups is 3. The van der Waals surface area contributed by atoms with E-state index in [1.54, 1.807) is 42.2 Å². The van der Waals surface area contributed by atoms with Crippen LogP contribution in [-0.4, -0.2) is 92.0 Å². The molecular weight excluding hydrogens is 731 g/mol. The molecule has 300 valence electrons. The highest BCUT2D eigenvalue weighted by Gasteiger charge is 2.37. The minimum Gasteiger partial charge on any atom is -0.508 e. The molecule has 0 saturated carbocycles. The summed E-state index contributed by atoms with van der Waals surface area (Å²) in [5.41, 5.74) is 5.57. The summed E-state index contributed by atoms with van der Waals surface area (Å²) in [4.78, 5) is 43.0. The predicted molar refractivity (Wildman–Crippen MR) is 213 cm³/mol. The lowest BCUT2D eigenvalue weighted by atomic mass is 9.75. The molecule has 3 aliphatic rings. The van der Waals surface area contributed by atoms with Gasteiger partial charge in [-0.3, -0.25) is 14.5 Å². The number of nitrogens with one attached hydrogen (secondary N) is 1. The molecule has 2 amide bonds. The van der Waals surface area contributed by atoms with E-state index in [-0.39, 0.29) is 47.4 Å². The lowest BCUT2D eigenvalue weighted by Crippen LogP contribution is -2.46. The van der Waals surface area contributed by atoms with E-state index >= 15 is 4.39 Å². The minimum absolute atomic E-state index is 0.0882. The zero-order chi connectivity index (χ0) is 40.1. The Morgan fingerprint density at radius 2 is 1.77 bits per heavy atom. The normalized spacial score (nSPS) is 18.4. The van der Waals surface area contributed by atoms with Gasteiger partial charge in [0.05, 0.1) is 13.2 Å². The number of unbranched alkanes of at least 4 members (excludes halogenated alkanes) is 2. The first-order chi connectivity index (χ1) is 27.6. The number of piperazine rings is 1. The van der Waals surface area contributed by atoms with Crippen LogP contribution >= 0.6 is 0 Å². The van der Waals surface area contributed by atoms with Crippen molar-refractivity contribution in [2.75, 3.05) is 57.9 Å². The van der Waals surface area contributed by atoms with Gasteiger partial charge in [-0.25, -0.2) is 8.78 Å². The van der Waals surface area contributed by atoms with Crippen LogP contribution < -0.4 is 19.7 Å². The van der Waals surface area contributed by atoms with Gasteiger partial charge in [0, 0.05) is 80.9 Å². The van der Waals surface area contributed by atoms with Gasteiger partial charge < -0.3 is 34.5 Å². The van der Waals surface area contributed by atoms with Crippen molar-refractivity contribution in [3.8, 4) is 17.2 Å². The van der Waals surface area contributed by atoms with Crippen LogP contribution in [0.15, 0.2) is 72.8 Å². The average Bonchev–Trinajstić information content (AvgIpc) is 3.55. The second-order valence-corrected chi connectivity index (χ2v) is 15.2. The molecule has 10 nitrogen and oxygen atoms in total. The molecule has 3 heterocycles. The number of phenolic OH excluding ortho intramolecular Hbond substituents is 1. The smallest absolute Gasteiger partial charge is 0.255 e. The Morgan fingerprint density at radius 3 is 2.53 bits per heavy atom. The number of aryl methyl sites for hydroxylation is 1. The van der Waals surface area contributed by atoms with Gasteiger partial charge >= 0.3 is 0 Å². The number of rotatable bonds is 15. The molecule has 3 aliphatic heterocycles. The number of benzene rings is 4. The van der Waals surface area contributed by atoms with Crippen molar-refractivity contribution in [3.05, 3.63) is 118 Å². The third kappa shape index (κ3) is 8.76. The molecule has 7 rings (SSSR count). The second-order valence-electron chi connectivity index (χ2n) is 15.2. The summed E-state index contributed by atoms with van der Waals surface area (Å²) < 4.78 is 41.7. The molecule has 1 saturated heterocycles. The van der Waals surface area contributed by atoms with Crippen LogP contribution in [0.3, 0.4) is 0 Å². The maximum absolute atomic E-state index is 15.6. The third-order valence-electron chi connectivity index (χ3n) is 11.6. The molecule has 0 aliphatic carbocycles. The van der Waals surface area contributed by atoms with E-state index in [0.29, 0.717) is 43.1 Å². The summed E-state index contributed by atoms with van der Waals surface area (Å²) in [6.45, 7) is 7.29. The first-order valence-electron chi connectivity index (χ1n) is 19.9. The van der Waals surface area contributed by atoms with Crippen LogP contribution in [0.4, 0.5) is 14.5 Å². The maximum Gasteiger partial charge on any atom is 0.255 e. The molecular formula is C45H50F2N4O6. The van der Waals surface area contributed by atoms with Crippen LogP contribution in [0.25, 0.3) is 0 Å². The first-order valence-corrected chi connectivity index (χ1v) is 19.9. The summed E-state index contributed by atoms with van der Waals surface area (Å²) in [7, 11) is 1.54. The minimum atomic E-state index is -0.681. The second kappa shape index (κ2) is 17.8. The van der Waals surface area contributed by atoms with Crippen LogP contribution in [0.1, 0.15) is 82.1 Å². The Labute approximate surface area is 332 Å². The molecule has 2 N–H and O–H groups in total. The fraction of sp³-hybridized carbons (Fsp3) is 0.400. The van der Waals surface area contributed by atoms with Crippen molar-refractivity contribution in [2.24, 2.45) is 0 Å². The Hall–Kier alpha value is -5.49. The molecule has 0 spiro atoms. The number of aldehydes is 1. The quantitative estimate of drug-likeness (QED) is 0.101. The van der Waals surface area contributed by atoms with Gasteiger partial charge in [-0.15, -0.1) is 0 Å². The van der Waals surface area contributed by atoms with Gasteiger partial charge in [-0.1, -0.05) is 24.3 Å². The molecule has 0 aromatic heterocycles. The highest BCUT2D eigenvalue weighted by molar-refractivity contribution is 6.01. The van der Waals surface area contributed by atoms with Crippen LogP contribution in [0, 0.1) is 18.6 Å². The van der Waals surface area contributed by atoms with Crippen LogP contribution in [-0.2, 0) is 16.1 Å². The van der Waals surface area contributed by atoms with Crippen molar-refractivity contribution in [3.63, 3.8) is 0 Å². The highest BCUT2D eigenvalue weighted by atomic mass is 19.1. The number of hydrogen-bond donors (Lipinski definition) is 2. The van der Waals surface area contributed by atoms with Gasteiger partial charge in [-0.05, 0) is 104 Å². The standard InChI is InChI=1S/C45H50F2N4O6/c1-29-23-30(8-14-38(29)46)37-28-57-42-26-34(53)11-13-36(42)43(37)31-9-15-41(39(47)25-31)56-22-5-3-4-16-49-17-19-50(20-18-49)33-10-12-35-32(24-33)27-51(45(35)55)40(7-6-21-52)44(54)48-2/h8-15,21,23-26,37,40,43,53H,3-7,16-20,22,27-28H2,1-2H3,(H,48,54)/t37-,40?,43-/m1/s1. The van der Waals surface area contributed by atoms with Crippen molar-refractivity contribution < 1.29 is 37.7 Å². The first kappa shape index (κ1) is 39.7. The molecule has 0 bridgehead atoms. The van der Waals surface area contributed by atoms with Crippen LogP contribution in [0.5, 0.6) is 17.2 Å². The topological polar surface area (TPSA) is 112 Å². The number of ether oxygens (including phenoxy) is 2. The van der Waals surface area contributed by atoms with Crippen LogP contribution in [0.2, 0.25) is 0 Å². The van der Waals surface area contributed by atoms with Gasteiger partial charge in [0.15, 0.2) is 11.6 Å². The maximum atomic E-state index is 15.6. The number of likely N-dealkylation sites (N-methyl/N-ethyl adjacent to an activating group) is 1. The van der Waals surface area contributed by atoms with E-state index in [0.717, 1.165) is 86.2 Å². The SMILES string of the molecule is CNC(=O)C(CCC=O)N1Cc2cc(N3CCN(CCCCCOc4ccc([C@@H]5c6ccc(O)cc6OC[C@@H]5c5ccc(F)c(C)c5)cc4F)CC3)ccc2C1=O. The number of hydrogen-bond acceptors (Lipinski definition) is 8. The Bertz CT molecular complexity index is 2100. The largest absolute Gasteiger partial charge is 0.508 e. The van der Waals surface area contributed by atoms with Crippen molar-refractivity contribution in [1.29, 1.82) is 0 Å². The zero-order valence-corrected chi connectivity index (χ0v) is 32.5. The monoisotopic (exact) mass is 780 g/mol. The summed E-state index contributed by atoms with van der Waals surface area (Å²) >= 11 is 0. The van der Waals surface area contributed by atoms with Crippen molar-refractivity contribution in [1.82, 2.24) is 15.1 Å². The number of aromatic hydroxyl groups is 1. The van der Waals surface area contributed by atoms with Gasteiger partial charge in [0.25, 0.3) is 5.91 Å². The number of halogens is 2. The highest BCUT2D eigenvalue weighted by Crippen LogP contribution is 2.47. The number of anilines is 1. The van der Waals surface area contributed by atoms with E-state index < -0.39 is 11.9 Å².